The first kappa shape index (κ1) is 12.9. The molecular formula is C14H13ClFNO. The number of halogens is 2. The molecule has 2 N–H and O–H groups in total. The van der Waals surface area contributed by atoms with Gasteiger partial charge in [-0.05, 0) is 18.2 Å². The second-order valence-corrected chi connectivity index (χ2v) is 4.28. The Bertz CT molecular complexity index is 545. The van der Waals surface area contributed by atoms with Gasteiger partial charge in [-0.1, -0.05) is 35.9 Å². The molecule has 4 heteroatoms. The van der Waals surface area contributed by atoms with E-state index in [0.717, 1.165) is 0 Å². The highest BCUT2D eigenvalue weighted by molar-refractivity contribution is 6.30. The lowest BCUT2D eigenvalue weighted by atomic mass is 10.1. The van der Waals surface area contributed by atoms with Gasteiger partial charge in [-0.25, -0.2) is 4.39 Å². The molecule has 0 radical (unpaired) electrons. The Labute approximate surface area is 110 Å². The summed E-state index contributed by atoms with van der Waals surface area (Å²) in [5.41, 5.74) is 6.42. The molecule has 0 aromatic heterocycles. The Balaban J connectivity index is 2.11. The van der Waals surface area contributed by atoms with Gasteiger partial charge < -0.3 is 10.5 Å². The number of nitrogens with two attached hydrogens (primary N) is 1. The van der Waals surface area contributed by atoms with E-state index in [2.05, 4.69) is 0 Å². The average molecular weight is 266 g/mol. The van der Waals surface area contributed by atoms with E-state index in [4.69, 9.17) is 22.1 Å². The van der Waals surface area contributed by atoms with Crippen LogP contribution < -0.4 is 10.5 Å². The summed E-state index contributed by atoms with van der Waals surface area (Å²) in [5.74, 6) is 0.307. The minimum atomic E-state index is -0.304. The van der Waals surface area contributed by atoms with Crippen molar-refractivity contribution in [3.8, 4) is 5.75 Å². The Morgan fingerprint density at radius 1 is 1.11 bits per heavy atom. The fourth-order valence-electron chi connectivity index (χ4n) is 1.62. The first-order chi connectivity index (χ1) is 8.70. The Morgan fingerprint density at radius 3 is 2.56 bits per heavy atom. The molecule has 2 aromatic rings. The molecule has 0 aliphatic carbocycles. The van der Waals surface area contributed by atoms with Crippen molar-refractivity contribution >= 4 is 11.6 Å². The molecule has 0 spiro atoms. The summed E-state index contributed by atoms with van der Waals surface area (Å²) in [6, 6.07) is 12.1. The second-order valence-electron chi connectivity index (χ2n) is 3.84. The van der Waals surface area contributed by atoms with E-state index in [-0.39, 0.29) is 19.0 Å². The van der Waals surface area contributed by atoms with Gasteiger partial charge in [-0.2, -0.15) is 0 Å². The van der Waals surface area contributed by atoms with Crippen LogP contribution in [0.2, 0.25) is 5.02 Å². The zero-order valence-electron chi connectivity index (χ0n) is 9.70. The molecule has 0 atom stereocenters. The van der Waals surface area contributed by atoms with Crippen LogP contribution in [-0.2, 0) is 13.2 Å². The van der Waals surface area contributed by atoms with E-state index in [1.54, 1.807) is 42.5 Å². The van der Waals surface area contributed by atoms with Crippen molar-refractivity contribution in [2.75, 3.05) is 0 Å². The first-order valence-electron chi connectivity index (χ1n) is 5.55. The van der Waals surface area contributed by atoms with E-state index < -0.39 is 0 Å². The molecule has 2 nitrogen and oxygen atoms in total. The molecule has 0 saturated carbocycles. The number of rotatable bonds is 4. The quantitative estimate of drug-likeness (QED) is 0.918. The molecule has 0 aliphatic heterocycles. The van der Waals surface area contributed by atoms with Crippen LogP contribution in [0.1, 0.15) is 11.1 Å². The lowest BCUT2D eigenvalue weighted by Crippen LogP contribution is -2.05. The molecule has 0 heterocycles. The molecule has 0 bridgehead atoms. The third-order valence-electron chi connectivity index (χ3n) is 2.57. The molecule has 18 heavy (non-hydrogen) atoms. The molecule has 0 saturated heterocycles. The maximum Gasteiger partial charge on any atom is 0.134 e. The molecule has 2 aromatic carbocycles. The first-order valence-corrected chi connectivity index (χ1v) is 5.93. The monoisotopic (exact) mass is 265 g/mol. The van der Waals surface area contributed by atoms with Crippen LogP contribution in [0, 0.1) is 5.82 Å². The molecular weight excluding hydrogens is 253 g/mol. The lowest BCUT2D eigenvalue weighted by molar-refractivity contribution is 0.299. The van der Waals surface area contributed by atoms with Gasteiger partial charge in [0.25, 0.3) is 0 Å². The third kappa shape index (κ3) is 3.00. The van der Waals surface area contributed by atoms with E-state index in [1.807, 2.05) is 0 Å². The van der Waals surface area contributed by atoms with Gasteiger partial charge in [0.05, 0.1) is 0 Å². The minimum absolute atomic E-state index is 0.153. The van der Waals surface area contributed by atoms with Crippen molar-refractivity contribution in [3.05, 3.63) is 64.4 Å². The summed E-state index contributed by atoms with van der Waals surface area (Å²) >= 11 is 5.83. The summed E-state index contributed by atoms with van der Waals surface area (Å²) in [6.45, 7) is 0.330. The fourth-order valence-corrected chi connectivity index (χ4v) is 1.80. The number of hydrogen-bond donors (Lipinski definition) is 1. The van der Waals surface area contributed by atoms with E-state index >= 15 is 0 Å². The van der Waals surface area contributed by atoms with Crippen LogP contribution in [0.5, 0.6) is 5.75 Å². The Hall–Kier alpha value is -1.58. The van der Waals surface area contributed by atoms with Crippen LogP contribution in [0.15, 0.2) is 42.5 Å². The van der Waals surface area contributed by atoms with Crippen molar-refractivity contribution < 1.29 is 9.13 Å². The van der Waals surface area contributed by atoms with Gasteiger partial charge in [0.1, 0.15) is 18.2 Å². The summed E-state index contributed by atoms with van der Waals surface area (Å²) in [6.07, 6.45) is 0. The topological polar surface area (TPSA) is 35.2 Å². The zero-order chi connectivity index (χ0) is 13.0. The smallest absolute Gasteiger partial charge is 0.134 e. The predicted molar refractivity (Wildman–Crippen MR) is 70.1 cm³/mol. The Morgan fingerprint density at radius 2 is 1.83 bits per heavy atom. The lowest BCUT2D eigenvalue weighted by Gasteiger charge is -2.09. The van der Waals surface area contributed by atoms with Crippen LogP contribution in [0.25, 0.3) is 0 Å². The SMILES string of the molecule is NCc1cccc(COc2cccc(Cl)c2)c1F. The Kier molecular flexibility index (Phi) is 4.18. The van der Waals surface area contributed by atoms with Crippen molar-refractivity contribution in [1.29, 1.82) is 0 Å². The highest BCUT2D eigenvalue weighted by Gasteiger charge is 2.07. The van der Waals surface area contributed by atoms with Gasteiger partial charge >= 0.3 is 0 Å². The van der Waals surface area contributed by atoms with Gasteiger partial charge in [-0.3, -0.25) is 0 Å². The maximum absolute atomic E-state index is 13.9. The zero-order valence-corrected chi connectivity index (χ0v) is 10.5. The number of ether oxygens (including phenoxy) is 1. The summed E-state index contributed by atoms with van der Waals surface area (Å²) in [7, 11) is 0. The molecule has 94 valence electrons. The number of benzene rings is 2. The summed E-state index contributed by atoms with van der Waals surface area (Å²) < 4.78 is 19.4. The van der Waals surface area contributed by atoms with Gasteiger partial charge in [-0.15, -0.1) is 0 Å². The fraction of sp³-hybridized carbons (Fsp3) is 0.143. The van der Waals surface area contributed by atoms with Crippen LogP contribution in [-0.4, -0.2) is 0 Å². The minimum Gasteiger partial charge on any atom is -0.489 e. The highest BCUT2D eigenvalue weighted by Crippen LogP contribution is 2.20. The van der Waals surface area contributed by atoms with Crippen molar-refractivity contribution in [1.82, 2.24) is 0 Å². The predicted octanol–water partition coefficient (Wildman–Crippen LogP) is 3.52. The van der Waals surface area contributed by atoms with E-state index in [9.17, 15) is 4.39 Å². The van der Waals surface area contributed by atoms with Crippen LogP contribution in [0.3, 0.4) is 0 Å². The average Bonchev–Trinajstić information content (AvgIpc) is 2.38. The normalized spacial score (nSPS) is 10.4. The largest absolute Gasteiger partial charge is 0.489 e. The summed E-state index contributed by atoms with van der Waals surface area (Å²) in [5, 5.41) is 0.587. The third-order valence-corrected chi connectivity index (χ3v) is 2.80. The van der Waals surface area contributed by atoms with Crippen LogP contribution >= 0.6 is 11.6 Å². The van der Waals surface area contributed by atoms with Gasteiger partial charge in [0.2, 0.25) is 0 Å². The van der Waals surface area contributed by atoms with Crippen molar-refractivity contribution in [3.63, 3.8) is 0 Å². The maximum atomic E-state index is 13.9. The molecule has 0 aliphatic rings. The van der Waals surface area contributed by atoms with E-state index in [0.29, 0.717) is 21.9 Å². The molecule has 0 fully saturated rings. The van der Waals surface area contributed by atoms with Crippen molar-refractivity contribution in [2.24, 2.45) is 5.73 Å². The van der Waals surface area contributed by atoms with Crippen LogP contribution in [0.4, 0.5) is 4.39 Å². The van der Waals surface area contributed by atoms with Crippen molar-refractivity contribution in [2.45, 2.75) is 13.2 Å². The summed E-state index contributed by atoms with van der Waals surface area (Å²) in [4.78, 5) is 0. The van der Waals surface area contributed by atoms with Gasteiger partial charge in [0, 0.05) is 22.7 Å². The number of hydrogen-bond acceptors (Lipinski definition) is 2. The van der Waals surface area contributed by atoms with Gasteiger partial charge in [0.15, 0.2) is 0 Å². The molecule has 0 unspecified atom stereocenters. The standard InChI is InChI=1S/C14H13ClFNO/c15-12-5-2-6-13(7-12)18-9-11-4-1-3-10(8-17)14(11)16/h1-7H,8-9,17H2. The highest BCUT2D eigenvalue weighted by atomic mass is 35.5. The molecule has 2 rings (SSSR count). The van der Waals surface area contributed by atoms with E-state index in [1.165, 1.54) is 0 Å². The molecule has 0 amide bonds. The second kappa shape index (κ2) is 5.85.